The van der Waals surface area contributed by atoms with Gasteiger partial charge in [-0.3, -0.25) is 14.9 Å². The molecular weight excluding hydrogens is 254 g/mol. The first-order valence-electron chi connectivity index (χ1n) is 5.13. The summed E-state index contributed by atoms with van der Waals surface area (Å²) in [5, 5.41) is 10.3. The Balaban J connectivity index is 2.65. The van der Waals surface area contributed by atoms with Crippen LogP contribution < -0.4 is 0 Å². The minimum Gasteiger partial charge on any atom is -0.276 e. The van der Waals surface area contributed by atoms with E-state index in [0.717, 1.165) is 0 Å². The van der Waals surface area contributed by atoms with Gasteiger partial charge in [0.15, 0.2) is 0 Å². The second-order valence-corrected chi connectivity index (χ2v) is 3.97. The molecule has 0 spiro atoms. The van der Waals surface area contributed by atoms with Crippen molar-refractivity contribution in [2.24, 2.45) is 0 Å². The monoisotopic (exact) mass is 261 g/mol. The van der Waals surface area contributed by atoms with Gasteiger partial charge in [-0.1, -0.05) is 30.3 Å². The molecular formula is C13H8ClNO3. The van der Waals surface area contributed by atoms with Crippen molar-refractivity contribution in [2.45, 2.75) is 0 Å². The third-order valence-electron chi connectivity index (χ3n) is 2.51. The van der Waals surface area contributed by atoms with Crippen molar-refractivity contribution in [3.63, 3.8) is 0 Å². The standard InChI is InChI=1S/C13H8ClNO3/c14-13(16)10-6-7-12(15(17)18)11(8-10)9-4-2-1-3-5-9/h1-8H. The fourth-order valence-corrected chi connectivity index (χ4v) is 1.78. The molecule has 90 valence electrons. The van der Waals surface area contributed by atoms with Crippen LogP contribution in [0.2, 0.25) is 0 Å². The van der Waals surface area contributed by atoms with E-state index in [4.69, 9.17) is 11.6 Å². The van der Waals surface area contributed by atoms with Crippen LogP contribution in [0.15, 0.2) is 48.5 Å². The highest BCUT2D eigenvalue weighted by molar-refractivity contribution is 6.67. The molecule has 0 atom stereocenters. The number of hydrogen-bond acceptors (Lipinski definition) is 3. The van der Waals surface area contributed by atoms with Crippen LogP contribution >= 0.6 is 11.6 Å². The third-order valence-corrected chi connectivity index (χ3v) is 2.72. The van der Waals surface area contributed by atoms with Crippen LogP contribution in [-0.4, -0.2) is 10.2 Å². The predicted molar refractivity (Wildman–Crippen MR) is 68.7 cm³/mol. The van der Waals surface area contributed by atoms with E-state index in [0.29, 0.717) is 11.1 Å². The first kappa shape index (κ1) is 12.3. The highest BCUT2D eigenvalue weighted by atomic mass is 35.5. The van der Waals surface area contributed by atoms with Crippen LogP contribution in [0.25, 0.3) is 11.1 Å². The molecule has 5 heteroatoms. The molecule has 0 fully saturated rings. The Morgan fingerprint density at radius 1 is 1.11 bits per heavy atom. The number of nitro groups is 1. The largest absolute Gasteiger partial charge is 0.277 e. The molecule has 4 nitrogen and oxygen atoms in total. The first-order chi connectivity index (χ1) is 8.59. The average molecular weight is 262 g/mol. The number of hydrogen-bond donors (Lipinski definition) is 0. The van der Waals surface area contributed by atoms with E-state index in [1.54, 1.807) is 24.3 Å². The number of rotatable bonds is 3. The van der Waals surface area contributed by atoms with Crippen LogP contribution in [0.3, 0.4) is 0 Å². The molecule has 18 heavy (non-hydrogen) atoms. The summed E-state index contributed by atoms with van der Waals surface area (Å²) in [6.45, 7) is 0. The van der Waals surface area contributed by atoms with Gasteiger partial charge in [-0.2, -0.15) is 0 Å². The van der Waals surface area contributed by atoms with Crippen molar-refractivity contribution >= 4 is 22.5 Å². The minimum absolute atomic E-state index is 0.0529. The van der Waals surface area contributed by atoms with Crippen molar-refractivity contribution in [2.75, 3.05) is 0 Å². The molecule has 0 bridgehead atoms. The van der Waals surface area contributed by atoms with Crippen molar-refractivity contribution < 1.29 is 9.72 Å². The van der Waals surface area contributed by atoms with Gasteiger partial charge in [0, 0.05) is 11.6 Å². The van der Waals surface area contributed by atoms with Crippen LogP contribution in [-0.2, 0) is 0 Å². The number of halogens is 1. The Bertz CT molecular complexity index is 611. The van der Waals surface area contributed by atoms with E-state index >= 15 is 0 Å². The number of benzene rings is 2. The molecule has 2 aromatic rings. The number of carbonyl (C=O) groups excluding carboxylic acids is 1. The van der Waals surface area contributed by atoms with Crippen LogP contribution in [0, 0.1) is 10.1 Å². The molecule has 0 aliphatic carbocycles. The fourth-order valence-electron chi connectivity index (χ4n) is 1.67. The lowest BCUT2D eigenvalue weighted by molar-refractivity contribution is -0.384. The van der Waals surface area contributed by atoms with Gasteiger partial charge in [0.1, 0.15) is 0 Å². The smallest absolute Gasteiger partial charge is 0.276 e. The third kappa shape index (κ3) is 2.38. The van der Waals surface area contributed by atoms with E-state index in [9.17, 15) is 14.9 Å². The van der Waals surface area contributed by atoms with E-state index in [-0.39, 0.29) is 11.3 Å². The molecule has 0 aliphatic heterocycles. The molecule has 0 saturated heterocycles. The minimum atomic E-state index is -0.637. The molecule has 0 saturated carbocycles. The second-order valence-electron chi connectivity index (χ2n) is 3.63. The summed E-state index contributed by atoms with van der Waals surface area (Å²) >= 11 is 5.39. The SMILES string of the molecule is O=C(Cl)c1ccc([N+](=O)[O-])c(-c2ccccc2)c1. The average Bonchev–Trinajstić information content (AvgIpc) is 2.39. The molecule has 2 aromatic carbocycles. The highest BCUT2D eigenvalue weighted by Gasteiger charge is 2.17. The molecule has 0 radical (unpaired) electrons. The number of nitrogens with zero attached hydrogens (tertiary/aromatic N) is 1. The Morgan fingerprint density at radius 3 is 2.33 bits per heavy atom. The zero-order chi connectivity index (χ0) is 13.1. The molecule has 0 unspecified atom stereocenters. The zero-order valence-electron chi connectivity index (χ0n) is 9.17. The van der Waals surface area contributed by atoms with Gasteiger partial charge in [-0.05, 0) is 29.3 Å². The summed E-state index contributed by atoms with van der Waals surface area (Å²) < 4.78 is 0. The Hall–Kier alpha value is -2.20. The lowest BCUT2D eigenvalue weighted by Gasteiger charge is -2.04. The lowest BCUT2D eigenvalue weighted by atomic mass is 10.0. The van der Waals surface area contributed by atoms with Gasteiger partial charge in [0.25, 0.3) is 10.9 Å². The van der Waals surface area contributed by atoms with E-state index < -0.39 is 10.2 Å². The summed E-state index contributed by atoms with van der Waals surface area (Å²) in [5.41, 5.74) is 1.24. The first-order valence-corrected chi connectivity index (χ1v) is 5.51. The maximum atomic E-state index is 11.1. The van der Waals surface area contributed by atoms with Crippen molar-refractivity contribution in [3.05, 3.63) is 64.2 Å². The van der Waals surface area contributed by atoms with Gasteiger partial charge in [-0.25, -0.2) is 0 Å². The van der Waals surface area contributed by atoms with Crippen molar-refractivity contribution in [3.8, 4) is 11.1 Å². The Kier molecular flexibility index (Phi) is 3.39. The van der Waals surface area contributed by atoms with Crippen LogP contribution in [0.5, 0.6) is 0 Å². The van der Waals surface area contributed by atoms with E-state index in [1.165, 1.54) is 18.2 Å². The van der Waals surface area contributed by atoms with Gasteiger partial charge >= 0.3 is 0 Å². The zero-order valence-corrected chi connectivity index (χ0v) is 9.92. The fraction of sp³-hybridized carbons (Fsp3) is 0. The topological polar surface area (TPSA) is 60.2 Å². The van der Waals surface area contributed by atoms with Gasteiger partial charge in [0.05, 0.1) is 10.5 Å². The summed E-state index contributed by atoms with van der Waals surface area (Å²) in [6, 6.07) is 12.9. The summed E-state index contributed by atoms with van der Waals surface area (Å²) in [4.78, 5) is 21.6. The van der Waals surface area contributed by atoms with Gasteiger partial charge in [-0.15, -0.1) is 0 Å². The Morgan fingerprint density at radius 2 is 1.78 bits per heavy atom. The van der Waals surface area contributed by atoms with Crippen molar-refractivity contribution in [1.29, 1.82) is 0 Å². The molecule has 2 rings (SSSR count). The molecule has 0 heterocycles. The molecule has 0 aliphatic rings. The summed E-state index contributed by atoms with van der Waals surface area (Å²) in [7, 11) is 0. The molecule has 0 N–H and O–H groups in total. The normalized spacial score (nSPS) is 10.1. The summed E-state index contributed by atoms with van der Waals surface area (Å²) in [5.74, 6) is 0. The lowest BCUT2D eigenvalue weighted by Crippen LogP contribution is -1.95. The highest BCUT2D eigenvalue weighted by Crippen LogP contribution is 2.30. The van der Waals surface area contributed by atoms with Gasteiger partial charge in [0.2, 0.25) is 0 Å². The molecule has 0 amide bonds. The number of carbonyl (C=O) groups is 1. The quantitative estimate of drug-likeness (QED) is 0.481. The van der Waals surface area contributed by atoms with E-state index in [2.05, 4.69) is 0 Å². The van der Waals surface area contributed by atoms with Crippen molar-refractivity contribution in [1.82, 2.24) is 0 Å². The van der Waals surface area contributed by atoms with Crippen LogP contribution in [0.1, 0.15) is 10.4 Å². The summed E-state index contributed by atoms with van der Waals surface area (Å²) in [6.07, 6.45) is 0. The van der Waals surface area contributed by atoms with E-state index in [1.807, 2.05) is 6.07 Å². The molecule has 0 aromatic heterocycles. The van der Waals surface area contributed by atoms with Crippen LogP contribution in [0.4, 0.5) is 5.69 Å². The predicted octanol–water partition coefficient (Wildman–Crippen LogP) is 3.64. The maximum absolute atomic E-state index is 11.1. The van der Waals surface area contributed by atoms with Gasteiger partial charge < -0.3 is 0 Å². The second kappa shape index (κ2) is 4.98. The Labute approximate surface area is 108 Å². The number of nitro benzene ring substituents is 1. The maximum Gasteiger partial charge on any atom is 0.277 e.